The number of hydrogen-bond acceptors (Lipinski definition) is 2. The molecule has 0 aliphatic heterocycles. The fourth-order valence-electron chi connectivity index (χ4n) is 2.09. The third kappa shape index (κ3) is 2.45. The van der Waals surface area contributed by atoms with Crippen molar-refractivity contribution in [2.24, 2.45) is 0 Å². The van der Waals surface area contributed by atoms with Gasteiger partial charge in [0.25, 0.3) is 0 Å². The number of para-hydroxylation sites is 1. The van der Waals surface area contributed by atoms with E-state index in [4.69, 9.17) is 4.42 Å². The summed E-state index contributed by atoms with van der Waals surface area (Å²) in [5.74, 6) is 0.600. The van der Waals surface area contributed by atoms with Gasteiger partial charge in [0.05, 0.1) is 6.54 Å². The predicted molar refractivity (Wildman–Crippen MR) is 74.7 cm³/mol. The minimum Gasteiger partial charge on any atom is -0.459 e. The molecule has 0 radical (unpaired) electrons. The Morgan fingerprint density at radius 3 is 2.79 bits per heavy atom. The number of halogens is 1. The number of nitrogens with one attached hydrogen (secondary N) is 1. The maximum atomic E-state index is 13.2. The molecular weight excluding hydrogens is 241 g/mol. The molecule has 0 amide bonds. The Hall–Kier alpha value is -2.29. The molecule has 2 aromatic carbocycles. The van der Waals surface area contributed by atoms with Gasteiger partial charge in [0.1, 0.15) is 17.2 Å². The van der Waals surface area contributed by atoms with Gasteiger partial charge in [-0.1, -0.05) is 24.3 Å². The molecule has 0 spiro atoms. The van der Waals surface area contributed by atoms with Crippen LogP contribution in [0.25, 0.3) is 11.0 Å². The van der Waals surface area contributed by atoms with Crippen molar-refractivity contribution in [2.75, 3.05) is 5.32 Å². The first kappa shape index (κ1) is 11.8. The van der Waals surface area contributed by atoms with Crippen molar-refractivity contribution in [3.8, 4) is 0 Å². The van der Waals surface area contributed by atoms with E-state index in [1.807, 2.05) is 37.3 Å². The second kappa shape index (κ2) is 4.76. The van der Waals surface area contributed by atoms with Crippen LogP contribution in [0.1, 0.15) is 11.3 Å². The fourth-order valence-corrected chi connectivity index (χ4v) is 2.09. The Bertz CT molecular complexity index is 685. The normalized spacial score (nSPS) is 10.8. The van der Waals surface area contributed by atoms with Crippen LogP contribution < -0.4 is 5.32 Å². The van der Waals surface area contributed by atoms with Crippen molar-refractivity contribution in [3.05, 3.63) is 65.7 Å². The summed E-state index contributed by atoms with van der Waals surface area (Å²) >= 11 is 0. The van der Waals surface area contributed by atoms with Crippen LogP contribution >= 0.6 is 0 Å². The van der Waals surface area contributed by atoms with Crippen molar-refractivity contribution in [3.63, 3.8) is 0 Å². The Kier molecular flexibility index (Phi) is 2.95. The van der Waals surface area contributed by atoms with Crippen molar-refractivity contribution in [2.45, 2.75) is 13.5 Å². The molecule has 3 rings (SSSR count). The van der Waals surface area contributed by atoms with Gasteiger partial charge >= 0.3 is 0 Å². The van der Waals surface area contributed by atoms with Crippen molar-refractivity contribution in [1.29, 1.82) is 0 Å². The number of fused-ring (bicyclic) bond motifs is 1. The molecule has 1 aromatic heterocycles. The van der Waals surface area contributed by atoms with Crippen molar-refractivity contribution < 1.29 is 8.81 Å². The third-order valence-electron chi connectivity index (χ3n) is 3.13. The maximum absolute atomic E-state index is 13.2. The molecule has 2 nitrogen and oxygen atoms in total. The minimum absolute atomic E-state index is 0.238. The highest BCUT2D eigenvalue weighted by molar-refractivity contribution is 5.77. The van der Waals surface area contributed by atoms with E-state index < -0.39 is 0 Å². The van der Waals surface area contributed by atoms with Crippen molar-refractivity contribution >= 4 is 16.7 Å². The summed E-state index contributed by atoms with van der Waals surface area (Å²) in [4.78, 5) is 0. The van der Waals surface area contributed by atoms with Gasteiger partial charge in [0, 0.05) is 11.1 Å². The second-order valence-electron chi connectivity index (χ2n) is 4.56. The highest BCUT2D eigenvalue weighted by Gasteiger charge is 2.04. The second-order valence-corrected chi connectivity index (χ2v) is 4.56. The monoisotopic (exact) mass is 255 g/mol. The molecule has 96 valence electrons. The molecule has 0 saturated carbocycles. The lowest BCUT2D eigenvalue weighted by atomic mass is 10.2. The van der Waals surface area contributed by atoms with Gasteiger partial charge in [-0.25, -0.2) is 4.39 Å². The van der Waals surface area contributed by atoms with E-state index in [1.54, 1.807) is 6.07 Å². The van der Waals surface area contributed by atoms with E-state index >= 15 is 0 Å². The first-order chi connectivity index (χ1) is 9.22. The minimum atomic E-state index is -0.238. The molecule has 0 bridgehead atoms. The highest BCUT2D eigenvalue weighted by Crippen LogP contribution is 2.21. The molecule has 0 fully saturated rings. The van der Waals surface area contributed by atoms with Crippen LogP contribution in [0.2, 0.25) is 0 Å². The molecule has 1 N–H and O–H groups in total. The van der Waals surface area contributed by atoms with Gasteiger partial charge < -0.3 is 9.73 Å². The SMILES string of the molecule is Cc1ccc(F)cc1NCc1cc2ccccc2o1. The average Bonchev–Trinajstić information content (AvgIpc) is 2.82. The molecule has 19 heavy (non-hydrogen) atoms. The lowest BCUT2D eigenvalue weighted by Crippen LogP contribution is -2.00. The van der Waals surface area contributed by atoms with Crippen LogP contribution in [-0.2, 0) is 6.54 Å². The predicted octanol–water partition coefficient (Wildman–Crippen LogP) is 4.49. The molecular formula is C16H14FNO. The zero-order valence-electron chi connectivity index (χ0n) is 10.6. The summed E-state index contributed by atoms with van der Waals surface area (Å²) in [5.41, 5.74) is 2.67. The molecule has 3 aromatic rings. The molecule has 0 aliphatic rings. The van der Waals surface area contributed by atoms with Gasteiger partial charge in [-0.2, -0.15) is 0 Å². The largest absolute Gasteiger partial charge is 0.459 e. The van der Waals surface area contributed by atoms with E-state index in [0.29, 0.717) is 6.54 Å². The maximum Gasteiger partial charge on any atom is 0.134 e. The number of benzene rings is 2. The van der Waals surface area contributed by atoms with E-state index in [0.717, 1.165) is 28.0 Å². The zero-order chi connectivity index (χ0) is 13.2. The van der Waals surface area contributed by atoms with Gasteiger partial charge in [-0.05, 0) is 36.8 Å². The summed E-state index contributed by atoms with van der Waals surface area (Å²) in [6, 6.07) is 14.6. The van der Waals surface area contributed by atoms with Crippen LogP contribution in [0, 0.1) is 12.7 Å². The number of aryl methyl sites for hydroxylation is 1. The van der Waals surface area contributed by atoms with Crippen LogP contribution in [0.3, 0.4) is 0 Å². The lowest BCUT2D eigenvalue weighted by molar-refractivity contribution is 0.559. The summed E-state index contributed by atoms with van der Waals surface area (Å²) in [6.45, 7) is 2.49. The van der Waals surface area contributed by atoms with E-state index in [1.165, 1.54) is 12.1 Å². The smallest absolute Gasteiger partial charge is 0.134 e. The first-order valence-corrected chi connectivity index (χ1v) is 6.20. The Labute approximate surface area is 110 Å². The van der Waals surface area contributed by atoms with Gasteiger partial charge in [-0.3, -0.25) is 0 Å². The van der Waals surface area contributed by atoms with Gasteiger partial charge in [0.2, 0.25) is 0 Å². The van der Waals surface area contributed by atoms with Crippen LogP contribution in [0.5, 0.6) is 0 Å². The highest BCUT2D eigenvalue weighted by atomic mass is 19.1. The van der Waals surface area contributed by atoms with E-state index in [9.17, 15) is 4.39 Å². The molecule has 0 saturated heterocycles. The number of rotatable bonds is 3. The first-order valence-electron chi connectivity index (χ1n) is 6.20. The topological polar surface area (TPSA) is 25.2 Å². The van der Waals surface area contributed by atoms with Crippen molar-refractivity contribution in [1.82, 2.24) is 0 Å². The summed E-state index contributed by atoms with van der Waals surface area (Å²) < 4.78 is 18.9. The molecule has 3 heteroatoms. The van der Waals surface area contributed by atoms with Gasteiger partial charge in [0.15, 0.2) is 0 Å². The number of anilines is 1. The Morgan fingerprint density at radius 2 is 1.95 bits per heavy atom. The van der Waals surface area contributed by atoms with Crippen LogP contribution in [0.4, 0.5) is 10.1 Å². The molecule has 0 atom stereocenters. The average molecular weight is 255 g/mol. The zero-order valence-corrected chi connectivity index (χ0v) is 10.6. The molecule has 0 aliphatic carbocycles. The quantitative estimate of drug-likeness (QED) is 0.745. The fraction of sp³-hybridized carbons (Fsp3) is 0.125. The van der Waals surface area contributed by atoms with Crippen LogP contribution in [-0.4, -0.2) is 0 Å². The standard InChI is InChI=1S/C16H14FNO/c1-11-6-7-13(17)9-15(11)18-10-14-8-12-4-2-3-5-16(12)19-14/h2-9,18H,10H2,1H3. The van der Waals surface area contributed by atoms with Gasteiger partial charge in [-0.15, -0.1) is 0 Å². The van der Waals surface area contributed by atoms with Crippen LogP contribution in [0.15, 0.2) is 52.9 Å². The summed E-state index contributed by atoms with van der Waals surface area (Å²) in [6.07, 6.45) is 0. The van der Waals surface area contributed by atoms with E-state index in [2.05, 4.69) is 5.32 Å². The molecule has 1 heterocycles. The number of furan rings is 1. The number of hydrogen-bond donors (Lipinski definition) is 1. The molecule has 0 unspecified atom stereocenters. The summed E-state index contributed by atoms with van der Waals surface area (Å²) in [7, 11) is 0. The Morgan fingerprint density at radius 1 is 1.11 bits per heavy atom. The van der Waals surface area contributed by atoms with E-state index in [-0.39, 0.29) is 5.82 Å². The Balaban J connectivity index is 1.80. The summed E-state index contributed by atoms with van der Waals surface area (Å²) in [5, 5.41) is 4.28. The lowest BCUT2D eigenvalue weighted by Gasteiger charge is -2.07. The third-order valence-corrected chi connectivity index (χ3v) is 3.13.